The van der Waals surface area contributed by atoms with Crippen LogP contribution in [-0.4, -0.2) is 67.7 Å². The number of carbonyl (C=O) groups is 1. The summed E-state index contributed by atoms with van der Waals surface area (Å²) in [5.41, 5.74) is 1.91. The van der Waals surface area contributed by atoms with Gasteiger partial charge in [0.15, 0.2) is 9.84 Å². The standard InChI is InChI=1S/C19H20N6O4S/c1-12-9-15(24(2)22-12)18(26)25-10-19(11-25)14(5-8-30(19,27)28)17-21-16(23-29-17)13-3-6-20-7-4-13/h3-4,6-7,9,14H,5,8,10-11H2,1-2H3. The van der Waals surface area contributed by atoms with Crippen LogP contribution < -0.4 is 0 Å². The third-order valence-corrected chi connectivity index (χ3v) is 8.59. The lowest BCUT2D eigenvalue weighted by Gasteiger charge is -2.48. The molecular formula is C19H20N6O4S. The van der Waals surface area contributed by atoms with Crippen molar-refractivity contribution in [2.24, 2.45) is 7.05 Å². The highest BCUT2D eigenvalue weighted by molar-refractivity contribution is 7.93. The molecule has 3 aromatic heterocycles. The second-order valence-electron chi connectivity index (χ2n) is 7.87. The molecule has 0 N–H and O–H groups in total. The van der Waals surface area contributed by atoms with Gasteiger partial charge < -0.3 is 9.42 Å². The lowest BCUT2D eigenvalue weighted by molar-refractivity contribution is 0.0493. The van der Waals surface area contributed by atoms with Gasteiger partial charge in [0.05, 0.1) is 17.4 Å². The normalized spacial score (nSPS) is 21.7. The molecule has 5 heterocycles. The van der Waals surface area contributed by atoms with Crippen molar-refractivity contribution < 1.29 is 17.7 Å². The predicted molar refractivity (Wildman–Crippen MR) is 105 cm³/mol. The molecule has 2 saturated heterocycles. The van der Waals surface area contributed by atoms with Crippen molar-refractivity contribution in [2.75, 3.05) is 18.8 Å². The molecule has 2 fully saturated rings. The van der Waals surface area contributed by atoms with E-state index in [4.69, 9.17) is 4.52 Å². The molecule has 3 aromatic rings. The molecule has 10 nitrogen and oxygen atoms in total. The largest absolute Gasteiger partial charge is 0.339 e. The number of hydrogen-bond acceptors (Lipinski definition) is 8. The Labute approximate surface area is 172 Å². The van der Waals surface area contributed by atoms with Crippen LogP contribution in [0.3, 0.4) is 0 Å². The molecule has 1 amide bonds. The summed E-state index contributed by atoms with van der Waals surface area (Å²) in [6, 6.07) is 5.22. The molecule has 156 valence electrons. The van der Waals surface area contributed by atoms with E-state index in [2.05, 4.69) is 20.2 Å². The highest BCUT2D eigenvalue weighted by Crippen LogP contribution is 2.49. The van der Waals surface area contributed by atoms with E-state index < -0.39 is 20.5 Å². The molecule has 0 radical (unpaired) electrons. The van der Waals surface area contributed by atoms with Crippen molar-refractivity contribution in [3.63, 3.8) is 0 Å². The van der Waals surface area contributed by atoms with Gasteiger partial charge >= 0.3 is 0 Å². The van der Waals surface area contributed by atoms with Crippen molar-refractivity contribution in [1.82, 2.24) is 29.8 Å². The van der Waals surface area contributed by atoms with E-state index in [0.717, 1.165) is 11.3 Å². The minimum Gasteiger partial charge on any atom is -0.339 e. The monoisotopic (exact) mass is 428 g/mol. The van der Waals surface area contributed by atoms with E-state index >= 15 is 0 Å². The zero-order valence-electron chi connectivity index (χ0n) is 16.5. The first-order valence-corrected chi connectivity index (χ1v) is 11.2. The number of hydrogen-bond donors (Lipinski definition) is 0. The summed E-state index contributed by atoms with van der Waals surface area (Å²) < 4.78 is 31.8. The van der Waals surface area contributed by atoms with Crippen LogP contribution in [0, 0.1) is 6.92 Å². The fourth-order valence-corrected chi connectivity index (χ4v) is 6.74. The molecule has 1 atom stereocenters. The summed E-state index contributed by atoms with van der Waals surface area (Å²) in [6.45, 7) is 2.02. The number of amides is 1. The molecule has 1 unspecified atom stereocenters. The van der Waals surface area contributed by atoms with E-state index in [1.165, 1.54) is 4.68 Å². The molecule has 11 heteroatoms. The van der Waals surface area contributed by atoms with Crippen molar-refractivity contribution in [1.29, 1.82) is 0 Å². The van der Waals surface area contributed by atoms with Gasteiger partial charge in [-0.3, -0.25) is 14.5 Å². The fraction of sp³-hybridized carbons (Fsp3) is 0.421. The molecule has 0 aromatic carbocycles. The lowest BCUT2D eigenvalue weighted by Crippen LogP contribution is -2.67. The average molecular weight is 428 g/mol. The summed E-state index contributed by atoms with van der Waals surface area (Å²) in [7, 11) is -1.71. The van der Waals surface area contributed by atoms with E-state index in [1.807, 2.05) is 6.92 Å². The van der Waals surface area contributed by atoms with Gasteiger partial charge in [0, 0.05) is 38.1 Å². The van der Waals surface area contributed by atoms with Crippen molar-refractivity contribution in [2.45, 2.75) is 24.0 Å². The average Bonchev–Trinajstić information content (AvgIpc) is 3.36. The molecule has 2 aliphatic rings. The second kappa shape index (κ2) is 6.46. The third kappa shape index (κ3) is 2.68. The number of aromatic nitrogens is 5. The van der Waals surface area contributed by atoms with Gasteiger partial charge in [-0.25, -0.2) is 8.42 Å². The van der Waals surface area contributed by atoms with E-state index in [9.17, 15) is 13.2 Å². The molecule has 1 spiro atoms. The Balaban J connectivity index is 1.42. The minimum atomic E-state index is -3.41. The van der Waals surface area contributed by atoms with E-state index in [-0.39, 0.29) is 24.7 Å². The zero-order chi connectivity index (χ0) is 21.1. The summed E-state index contributed by atoms with van der Waals surface area (Å²) >= 11 is 0. The van der Waals surface area contributed by atoms with Crippen LogP contribution in [0.5, 0.6) is 0 Å². The van der Waals surface area contributed by atoms with Gasteiger partial charge in [-0.2, -0.15) is 10.1 Å². The van der Waals surface area contributed by atoms with Crippen LogP contribution >= 0.6 is 0 Å². The van der Waals surface area contributed by atoms with Crippen LogP contribution in [0.4, 0.5) is 0 Å². The highest BCUT2D eigenvalue weighted by Gasteiger charge is 2.64. The van der Waals surface area contributed by atoms with E-state index in [1.54, 1.807) is 42.5 Å². The first kappa shape index (κ1) is 18.9. The molecule has 0 bridgehead atoms. The smallest absolute Gasteiger partial charge is 0.272 e. The maximum atomic E-state index is 12.9. The maximum absolute atomic E-state index is 12.9. The van der Waals surface area contributed by atoms with Gasteiger partial charge in [-0.1, -0.05) is 5.16 Å². The van der Waals surface area contributed by atoms with Gasteiger partial charge in [0.1, 0.15) is 10.4 Å². The molecule has 0 saturated carbocycles. The first-order chi connectivity index (χ1) is 14.3. The van der Waals surface area contributed by atoms with Gasteiger partial charge in [-0.15, -0.1) is 0 Å². The van der Waals surface area contributed by atoms with Crippen LogP contribution in [0.1, 0.15) is 34.4 Å². The van der Waals surface area contributed by atoms with Crippen LogP contribution in [0.25, 0.3) is 11.4 Å². The van der Waals surface area contributed by atoms with Crippen molar-refractivity contribution in [3.8, 4) is 11.4 Å². The number of likely N-dealkylation sites (tertiary alicyclic amines) is 1. The predicted octanol–water partition coefficient (Wildman–Crippen LogP) is 0.970. The Hall–Kier alpha value is -3.08. The topological polar surface area (TPSA) is 124 Å². The first-order valence-electron chi connectivity index (χ1n) is 9.57. The third-order valence-electron chi connectivity index (χ3n) is 6.03. The molecular weight excluding hydrogens is 408 g/mol. The SMILES string of the molecule is Cc1cc(C(=O)N2CC3(C2)C(c2nc(-c4ccncc4)no2)CCS3(=O)=O)n(C)n1. The Morgan fingerprint density at radius 2 is 2.00 bits per heavy atom. The van der Waals surface area contributed by atoms with Gasteiger partial charge in [0.25, 0.3) is 5.91 Å². The maximum Gasteiger partial charge on any atom is 0.272 e. The molecule has 5 rings (SSSR count). The van der Waals surface area contributed by atoms with E-state index in [0.29, 0.717) is 23.8 Å². The fourth-order valence-electron chi connectivity index (χ4n) is 4.43. The summed E-state index contributed by atoms with van der Waals surface area (Å²) in [5, 5.41) is 8.22. The molecule has 2 aliphatic heterocycles. The highest BCUT2D eigenvalue weighted by atomic mass is 32.2. The number of nitrogens with zero attached hydrogens (tertiary/aromatic N) is 6. The Bertz CT molecular complexity index is 1230. The Kier molecular flexibility index (Phi) is 4.07. The second-order valence-corrected chi connectivity index (χ2v) is 10.3. The summed E-state index contributed by atoms with van der Waals surface area (Å²) in [4.78, 5) is 22.8. The van der Waals surface area contributed by atoms with Crippen molar-refractivity contribution in [3.05, 3.63) is 47.9 Å². The molecule has 30 heavy (non-hydrogen) atoms. The quantitative estimate of drug-likeness (QED) is 0.604. The Morgan fingerprint density at radius 1 is 1.27 bits per heavy atom. The Morgan fingerprint density at radius 3 is 2.67 bits per heavy atom. The number of sulfone groups is 1. The number of rotatable bonds is 3. The number of carbonyl (C=O) groups excluding carboxylic acids is 1. The molecule has 0 aliphatic carbocycles. The van der Waals surface area contributed by atoms with Crippen LogP contribution in [0.15, 0.2) is 35.1 Å². The van der Waals surface area contributed by atoms with Gasteiger partial charge in [0.2, 0.25) is 11.7 Å². The van der Waals surface area contributed by atoms with Gasteiger partial charge in [-0.05, 0) is 31.5 Å². The van der Waals surface area contributed by atoms with Crippen molar-refractivity contribution >= 4 is 15.7 Å². The van der Waals surface area contributed by atoms with Crippen LogP contribution in [-0.2, 0) is 16.9 Å². The zero-order valence-corrected chi connectivity index (χ0v) is 17.3. The summed E-state index contributed by atoms with van der Waals surface area (Å²) in [5.74, 6) is 0.0589. The lowest BCUT2D eigenvalue weighted by atomic mass is 9.83. The van der Waals surface area contributed by atoms with Crippen LogP contribution in [0.2, 0.25) is 0 Å². The number of aryl methyl sites for hydroxylation is 2. The minimum absolute atomic E-state index is 0.0392. The summed E-state index contributed by atoms with van der Waals surface area (Å²) in [6.07, 6.45) is 3.65. The number of pyridine rings is 1.